The summed E-state index contributed by atoms with van der Waals surface area (Å²) in [5, 5.41) is 10.1. The van der Waals surface area contributed by atoms with Gasteiger partial charge >= 0.3 is 0 Å². The van der Waals surface area contributed by atoms with Gasteiger partial charge in [-0.2, -0.15) is 5.10 Å². The summed E-state index contributed by atoms with van der Waals surface area (Å²) in [6.07, 6.45) is 2.18. The van der Waals surface area contributed by atoms with Gasteiger partial charge in [0.15, 0.2) is 11.5 Å². The van der Waals surface area contributed by atoms with E-state index in [4.69, 9.17) is 4.42 Å². The molecule has 0 spiro atoms. The molecule has 1 atom stereocenters. The minimum atomic E-state index is -0.337. The van der Waals surface area contributed by atoms with Crippen LogP contribution in [0, 0.1) is 0 Å². The van der Waals surface area contributed by atoms with Gasteiger partial charge in [-0.1, -0.05) is 42.5 Å². The number of nitrogens with zero attached hydrogens (tertiary/aromatic N) is 2. The molecule has 1 amide bonds. The molecular weight excluding hydrogens is 378 g/mol. The molecule has 2 aromatic carbocycles. The first-order chi connectivity index (χ1) is 14.8. The lowest BCUT2D eigenvalue weighted by atomic mass is 10.1. The van der Waals surface area contributed by atoms with Crippen molar-refractivity contribution < 1.29 is 9.21 Å². The standard InChI is InChI=1S/C23H19N5O2/c29-23(20-14-18(27-28-20)21-11-6-12-30-21)26-19(13-15-7-2-1-3-8-15)22-24-16-9-4-5-10-17(16)25-22/h1-12,14,19H,13H2,(H,24,25)(H,26,29)(H,27,28)/t19-/m1/s1. The third-order valence-electron chi connectivity index (χ3n) is 4.92. The van der Waals surface area contributed by atoms with Crippen LogP contribution in [0.1, 0.15) is 27.9 Å². The minimum absolute atomic E-state index is 0.287. The molecule has 148 valence electrons. The number of carbonyl (C=O) groups is 1. The highest BCUT2D eigenvalue weighted by Crippen LogP contribution is 2.22. The Morgan fingerprint density at radius 3 is 2.67 bits per heavy atom. The predicted octanol–water partition coefficient (Wildman–Crippen LogP) is 4.26. The number of rotatable bonds is 6. The van der Waals surface area contributed by atoms with Gasteiger partial charge in [-0.15, -0.1) is 0 Å². The molecular formula is C23H19N5O2. The number of H-pyrrole nitrogens is 2. The molecule has 30 heavy (non-hydrogen) atoms. The number of nitrogens with one attached hydrogen (secondary N) is 3. The second-order valence-electron chi connectivity index (χ2n) is 7.00. The van der Waals surface area contributed by atoms with Crippen LogP contribution in [0.25, 0.3) is 22.5 Å². The lowest BCUT2D eigenvalue weighted by Gasteiger charge is -2.16. The molecule has 0 saturated heterocycles. The monoisotopic (exact) mass is 397 g/mol. The van der Waals surface area contributed by atoms with Crippen LogP contribution in [0.2, 0.25) is 0 Å². The van der Waals surface area contributed by atoms with Crippen LogP contribution in [0.4, 0.5) is 0 Å². The van der Waals surface area contributed by atoms with Crippen molar-refractivity contribution in [1.82, 2.24) is 25.5 Å². The third kappa shape index (κ3) is 3.60. The van der Waals surface area contributed by atoms with Gasteiger partial charge in [0, 0.05) is 6.07 Å². The molecule has 7 heteroatoms. The van der Waals surface area contributed by atoms with Crippen LogP contribution in [0.3, 0.4) is 0 Å². The highest BCUT2D eigenvalue weighted by atomic mass is 16.3. The first-order valence-electron chi connectivity index (χ1n) is 9.65. The van der Waals surface area contributed by atoms with E-state index < -0.39 is 0 Å². The zero-order chi connectivity index (χ0) is 20.3. The highest BCUT2D eigenvalue weighted by Gasteiger charge is 2.22. The van der Waals surface area contributed by atoms with E-state index in [0.717, 1.165) is 16.6 Å². The van der Waals surface area contributed by atoms with Crippen molar-refractivity contribution >= 4 is 16.9 Å². The summed E-state index contributed by atoms with van der Waals surface area (Å²) in [5.74, 6) is 1.04. The first kappa shape index (κ1) is 17.9. The summed E-state index contributed by atoms with van der Waals surface area (Å²) in [7, 11) is 0. The van der Waals surface area contributed by atoms with E-state index in [0.29, 0.717) is 23.7 Å². The molecule has 3 N–H and O–H groups in total. The number of para-hydroxylation sites is 2. The Balaban J connectivity index is 1.43. The van der Waals surface area contributed by atoms with E-state index in [1.165, 1.54) is 0 Å². The maximum atomic E-state index is 13.0. The molecule has 0 aliphatic rings. The Labute approximate surface area is 172 Å². The predicted molar refractivity (Wildman–Crippen MR) is 113 cm³/mol. The summed E-state index contributed by atoms with van der Waals surface area (Å²) >= 11 is 0. The number of amides is 1. The number of fused-ring (bicyclic) bond motifs is 1. The first-order valence-corrected chi connectivity index (χ1v) is 9.65. The summed E-state index contributed by atoms with van der Waals surface area (Å²) in [4.78, 5) is 21.0. The Morgan fingerprint density at radius 1 is 1.03 bits per heavy atom. The summed E-state index contributed by atoms with van der Waals surface area (Å²) in [5.41, 5.74) is 3.82. The number of carbonyl (C=O) groups excluding carboxylic acids is 1. The molecule has 5 aromatic rings. The Morgan fingerprint density at radius 2 is 1.87 bits per heavy atom. The summed E-state index contributed by atoms with van der Waals surface area (Å²) < 4.78 is 5.36. The largest absolute Gasteiger partial charge is 0.463 e. The molecule has 0 aliphatic heterocycles. The maximum absolute atomic E-state index is 13.0. The molecule has 3 aromatic heterocycles. The summed E-state index contributed by atoms with van der Waals surface area (Å²) in [6, 6.07) is 22.7. The minimum Gasteiger partial charge on any atom is -0.463 e. The fourth-order valence-electron chi connectivity index (χ4n) is 3.43. The van der Waals surface area contributed by atoms with Gasteiger partial charge in [-0.3, -0.25) is 9.89 Å². The van der Waals surface area contributed by atoms with Crippen molar-refractivity contribution in [1.29, 1.82) is 0 Å². The third-order valence-corrected chi connectivity index (χ3v) is 4.92. The van der Waals surface area contributed by atoms with Crippen LogP contribution in [0.15, 0.2) is 83.5 Å². The topological polar surface area (TPSA) is 99.6 Å². The lowest BCUT2D eigenvalue weighted by molar-refractivity contribution is 0.0930. The van der Waals surface area contributed by atoms with Gasteiger partial charge in [0.05, 0.1) is 23.3 Å². The lowest BCUT2D eigenvalue weighted by Crippen LogP contribution is -2.31. The average molecular weight is 397 g/mol. The van der Waals surface area contributed by atoms with Crippen LogP contribution in [0.5, 0.6) is 0 Å². The Hall–Kier alpha value is -4.13. The van der Waals surface area contributed by atoms with Gasteiger partial charge in [0.25, 0.3) is 5.91 Å². The van der Waals surface area contributed by atoms with Crippen molar-refractivity contribution in [2.45, 2.75) is 12.5 Å². The molecule has 0 saturated carbocycles. The second-order valence-corrected chi connectivity index (χ2v) is 7.00. The Bertz CT molecular complexity index is 1240. The molecule has 0 fully saturated rings. The zero-order valence-electron chi connectivity index (χ0n) is 16.0. The van der Waals surface area contributed by atoms with Gasteiger partial charge in [-0.05, 0) is 36.2 Å². The van der Waals surface area contributed by atoms with E-state index >= 15 is 0 Å². The van der Waals surface area contributed by atoms with E-state index in [1.54, 1.807) is 18.4 Å². The zero-order valence-corrected chi connectivity index (χ0v) is 16.0. The molecule has 0 unspecified atom stereocenters. The molecule has 3 heterocycles. The van der Waals surface area contributed by atoms with Crippen molar-refractivity contribution in [3.05, 3.63) is 96.1 Å². The molecule has 5 rings (SSSR count). The van der Waals surface area contributed by atoms with E-state index in [2.05, 4.69) is 25.5 Å². The highest BCUT2D eigenvalue weighted by molar-refractivity contribution is 5.93. The van der Waals surface area contributed by atoms with E-state index in [1.807, 2.05) is 60.7 Å². The Kier molecular flexibility index (Phi) is 4.61. The van der Waals surface area contributed by atoms with Gasteiger partial charge < -0.3 is 14.7 Å². The number of hydrogen-bond acceptors (Lipinski definition) is 4. The molecule has 0 radical (unpaired) electrons. The number of hydrogen-bond donors (Lipinski definition) is 3. The smallest absolute Gasteiger partial charge is 0.272 e. The van der Waals surface area contributed by atoms with Crippen LogP contribution >= 0.6 is 0 Å². The maximum Gasteiger partial charge on any atom is 0.272 e. The van der Waals surface area contributed by atoms with Crippen LogP contribution < -0.4 is 5.32 Å². The van der Waals surface area contributed by atoms with Crippen LogP contribution in [-0.4, -0.2) is 26.1 Å². The fraction of sp³-hybridized carbons (Fsp3) is 0.0870. The van der Waals surface area contributed by atoms with Gasteiger partial charge in [-0.25, -0.2) is 4.98 Å². The fourth-order valence-corrected chi connectivity index (χ4v) is 3.43. The number of furan rings is 1. The normalized spacial score (nSPS) is 12.1. The number of aromatic nitrogens is 4. The van der Waals surface area contributed by atoms with Gasteiger partial charge in [0.1, 0.15) is 11.5 Å². The van der Waals surface area contributed by atoms with Crippen molar-refractivity contribution in [2.24, 2.45) is 0 Å². The average Bonchev–Trinajstić information content (AvgIpc) is 3.54. The van der Waals surface area contributed by atoms with E-state index in [9.17, 15) is 4.79 Å². The van der Waals surface area contributed by atoms with Crippen molar-refractivity contribution in [3.63, 3.8) is 0 Å². The van der Waals surface area contributed by atoms with Crippen molar-refractivity contribution in [3.8, 4) is 11.5 Å². The van der Waals surface area contributed by atoms with Crippen molar-refractivity contribution in [2.75, 3.05) is 0 Å². The molecule has 0 aliphatic carbocycles. The van der Waals surface area contributed by atoms with Crippen LogP contribution in [-0.2, 0) is 6.42 Å². The quantitative estimate of drug-likeness (QED) is 0.399. The second kappa shape index (κ2) is 7.71. The number of aromatic amines is 2. The van der Waals surface area contributed by atoms with Gasteiger partial charge in [0.2, 0.25) is 0 Å². The summed E-state index contributed by atoms with van der Waals surface area (Å²) in [6.45, 7) is 0. The molecule has 7 nitrogen and oxygen atoms in total. The number of imidazole rings is 1. The SMILES string of the molecule is O=C(N[C@H](Cc1ccccc1)c1nc2ccccc2[nH]1)c1cc(-c2ccco2)[nH]n1. The molecule has 0 bridgehead atoms. The van der Waals surface area contributed by atoms with E-state index in [-0.39, 0.29) is 17.6 Å². The number of benzene rings is 2.